The number of likely N-dealkylation sites (tertiary alicyclic amines) is 1. The van der Waals surface area contributed by atoms with E-state index in [4.69, 9.17) is 0 Å². The van der Waals surface area contributed by atoms with E-state index in [9.17, 15) is 18.8 Å². The van der Waals surface area contributed by atoms with E-state index in [2.05, 4.69) is 5.32 Å². The van der Waals surface area contributed by atoms with Crippen LogP contribution in [-0.4, -0.2) is 46.2 Å². The van der Waals surface area contributed by atoms with Crippen LogP contribution in [0.5, 0.6) is 0 Å². The molecule has 2 aromatic carbocycles. The molecule has 2 amide bonds. The van der Waals surface area contributed by atoms with Gasteiger partial charge in [-0.2, -0.15) is 0 Å². The van der Waals surface area contributed by atoms with E-state index in [1.54, 1.807) is 26.1 Å². The minimum absolute atomic E-state index is 0.0569. The average Bonchev–Trinajstić information content (AvgIpc) is 3.14. The summed E-state index contributed by atoms with van der Waals surface area (Å²) in [5.74, 6) is -1.09. The van der Waals surface area contributed by atoms with Gasteiger partial charge in [0.1, 0.15) is 5.82 Å². The number of hydrogen-bond donors (Lipinski definition) is 1. The molecule has 35 heavy (non-hydrogen) atoms. The number of piperidine rings is 1. The Morgan fingerprint density at radius 2 is 1.71 bits per heavy atom. The van der Waals surface area contributed by atoms with Gasteiger partial charge < -0.3 is 14.8 Å². The first-order valence-corrected chi connectivity index (χ1v) is 12.1. The number of amides is 2. The normalized spacial score (nSPS) is 14.5. The van der Waals surface area contributed by atoms with Gasteiger partial charge in [0, 0.05) is 48.8 Å². The van der Waals surface area contributed by atoms with Gasteiger partial charge in [-0.25, -0.2) is 4.39 Å². The lowest BCUT2D eigenvalue weighted by Crippen LogP contribution is -2.39. The third-order valence-corrected chi connectivity index (χ3v) is 6.78. The van der Waals surface area contributed by atoms with Crippen LogP contribution in [0.1, 0.15) is 58.5 Å². The number of aromatic nitrogens is 1. The number of Topliss-reactive ketones (excluding diaryl/α,β-unsaturated/α-hetero) is 1. The quantitative estimate of drug-likeness (QED) is 0.422. The van der Waals surface area contributed by atoms with Gasteiger partial charge in [0.05, 0.1) is 5.56 Å². The van der Waals surface area contributed by atoms with E-state index in [-0.39, 0.29) is 17.8 Å². The summed E-state index contributed by atoms with van der Waals surface area (Å²) in [5.41, 5.74) is 3.60. The van der Waals surface area contributed by atoms with Crippen LogP contribution in [-0.2, 0) is 18.3 Å². The number of nitrogens with zero attached hydrogens (tertiary/aromatic N) is 2. The minimum atomic E-state index is -0.649. The van der Waals surface area contributed by atoms with E-state index in [0.717, 1.165) is 35.9 Å². The summed E-state index contributed by atoms with van der Waals surface area (Å²) < 4.78 is 15.0. The summed E-state index contributed by atoms with van der Waals surface area (Å²) in [4.78, 5) is 40.5. The molecule has 7 heteroatoms. The Bertz CT molecular complexity index is 1270. The third-order valence-electron chi connectivity index (χ3n) is 6.78. The number of hydrogen-bond acceptors (Lipinski definition) is 3. The highest BCUT2D eigenvalue weighted by Crippen LogP contribution is 2.28. The number of carbonyl (C=O) groups excluding carboxylic acids is 3. The van der Waals surface area contributed by atoms with Crippen LogP contribution in [0, 0.1) is 18.7 Å². The van der Waals surface area contributed by atoms with Gasteiger partial charge >= 0.3 is 0 Å². The molecule has 3 aromatic rings. The highest BCUT2D eigenvalue weighted by molar-refractivity contribution is 6.45. The fourth-order valence-electron chi connectivity index (χ4n) is 4.86. The van der Waals surface area contributed by atoms with Gasteiger partial charge in [-0.05, 0) is 81.3 Å². The number of halogens is 1. The molecule has 1 aliphatic rings. The molecular formula is C28H32FN3O3. The number of ketones is 1. The van der Waals surface area contributed by atoms with Crippen molar-refractivity contribution in [2.24, 2.45) is 13.0 Å². The Kier molecular flexibility index (Phi) is 7.05. The summed E-state index contributed by atoms with van der Waals surface area (Å²) in [6.45, 7) is 6.81. The molecule has 1 saturated heterocycles. The zero-order valence-corrected chi connectivity index (χ0v) is 20.7. The smallest absolute Gasteiger partial charge is 0.292 e. The van der Waals surface area contributed by atoms with Crippen LogP contribution in [0.15, 0.2) is 42.6 Å². The van der Waals surface area contributed by atoms with Crippen molar-refractivity contribution in [1.82, 2.24) is 14.8 Å². The molecule has 0 saturated carbocycles. The second-order valence-electron chi connectivity index (χ2n) is 9.86. The molecule has 1 fully saturated rings. The maximum Gasteiger partial charge on any atom is 0.292 e. The van der Waals surface area contributed by atoms with Gasteiger partial charge in [0.15, 0.2) is 0 Å². The molecule has 0 bridgehead atoms. The van der Waals surface area contributed by atoms with E-state index < -0.39 is 11.7 Å². The first-order valence-electron chi connectivity index (χ1n) is 12.1. The predicted molar refractivity (Wildman–Crippen MR) is 134 cm³/mol. The average molecular weight is 478 g/mol. The summed E-state index contributed by atoms with van der Waals surface area (Å²) in [5, 5.41) is 3.26. The molecule has 6 nitrogen and oxygen atoms in total. The van der Waals surface area contributed by atoms with Crippen molar-refractivity contribution in [3.8, 4) is 0 Å². The summed E-state index contributed by atoms with van der Waals surface area (Å²) in [7, 11) is 1.83. The van der Waals surface area contributed by atoms with E-state index in [0.29, 0.717) is 35.5 Å². The largest absolute Gasteiger partial charge is 0.350 e. The highest BCUT2D eigenvalue weighted by atomic mass is 19.1. The van der Waals surface area contributed by atoms with Gasteiger partial charge in [-0.3, -0.25) is 14.4 Å². The monoisotopic (exact) mass is 477 g/mol. The van der Waals surface area contributed by atoms with Crippen molar-refractivity contribution in [3.05, 3.63) is 70.7 Å². The van der Waals surface area contributed by atoms with E-state index >= 15 is 0 Å². The van der Waals surface area contributed by atoms with Gasteiger partial charge in [-0.1, -0.05) is 12.1 Å². The van der Waals surface area contributed by atoms with E-state index in [1.807, 2.05) is 41.6 Å². The molecule has 0 atom stereocenters. The second kappa shape index (κ2) is 10.0. The number of benzene rings is 2. The lowest BCUT2D eigenvalue weighted by molar-refractivity contribution is -0.117. The van der Waals surface area contributed by atoms with Crippen molar-refractivity contribution in [1.29, 1.82) is 0 Å². The van der Waals surface area contributed by atoms with E-state index in [1.165, 1.54) is 12.1 Å². The maximum absolute atomic E-state index is 13.4. The van der Waals surface area contributed by atoms with Crippen LogP contribution in [0.3, 0.4) is 0 Å². The molecule has 1 aromatic heterocycles. The SMILES string of the molecule is Cc1cc2c(cc1C(=O)N1CCC(Cc3ccc(F)cc3)CC1)c(C(=O)C(=O)NC(C)C)cn2C. The summed E-state index contributed by atoms with van der Waals surface area (Å²) in [6.07, 6.45) is 4.30. The number of fused-ring (bicyclic) bond motifs is 1. The molecule has 4 rings (SSSR count). The van der Waals surface area contributed by atoms with Crippen molar-refractivity contribution >= 4 is 28.5 Å². The zero-order chi connectivity index (χ0) is 25.3. The fraction of sp³-hybridized carbons (Fsp3) is 0.393. The zero-order valence-electron chi connectivity index (χ0n) is 20.7. The molecule has 184 valence electrons. The first-order chi connectivity index (χ1) is 16.6. The molecule has 0 aliphatic carbocycles. The molecular weight excluding hydrogens is 445 g/mol. The molecule has 1 N–H and O–H groups in total. The number of aryl methyl sites for hydroxylation is 2. The van der Waals surface area contributed by atoms with Crippen molar-refractivity contribution < 1.29 is 18.8 Å². The highest BCUT2D eigenvalue weighted by Gasteiger charge is 2.27. The molecule has 1 aliphatic heterocycles. The summed E-state index contributed by atoms with van der Waals surface area (Å²) in [6, 6.07) is 10.1. The Balaban J connectivity index is 1.51. The van der Waals surface area contributed by atoms with Gasteiger partial charge in [0.2, 0.25) is 0 Å². The number of rotatable bonds is 6. The molecule has 0 unspecified atom stereocenters. The molecule has 0 spiro atoms. The van der Waals surface area contributed by atoms with Crippen molar-refractivity contribution in [2.45, 2.75) is 46.1 Å². The van der Waals surface area contributed by atoms with Crippen LogP contribution in [0.2, 0.25) is 0 Å². The number of nitrogens with one attached hydrogen (secondary N) is 1. The maximum atomic E-state index is 13.4. The lowest BCUT2D eigenvalue weighted by atomic mass is 9.89. The molecule has 2 heterocycles. The van der Waals surface area contributed by atoms with Crippen LogP contribution in [0.4, 0.5) is 4.39 Å². The Hall–Kier alpha value is -3.48. The number of carbonyl (C=O) groups is 3. The first kappa shape index (κ1) is 24.6. The second-order valence-corrected chi connectivity index (χ2v) is 9.86. The van der Waals surface area contributed by atoms with Gasteiger partial charge in [0.25, 0.3) is 17.6 Å². The third kappa shape index (κ3) is 5.29. The minimum Gasteiger partial charge on any atom is -0.350 e. The van der Waals surface area contributed by atoms with Crippen molar-refractivity contribution in [2.75, 3.05) is 13.1 Å². The Morgan fingerprint density at radius 1 is 1.06 bits per heavy atom. The van der Waals surface area contributed by atoms with Crippen molar-refractivity contribution in [3.63, 3.8) is 0 Å². The standard InChI is InChI=1S/C28H32FN3O3/c1-17(2)30-27(34)26(33)24-16-31(4)25-13-18(3)22(15-23(24)25)28(35)32-11-9-20(10-12-32)14-19-5-7-21(29)8-6-19/h5-8,13,15-17,20H,9-12,14H2,1-4H3,(H,30,34). The predicted octanol–water partition coefficient (Wildman–Crippen LogP) is 4.43. The van der Waals surface area contributed by atoms with Crippen LogP contribution in [0.25, 0.3) is 10.9 Å². The van der Waals surface area contributed by atoms with Crippen LogP contribution < -0.4 is 5.32 Å². The topological polar surface area (TPSA) is 71.4 Å². The molecule has 0 radical (unpaired) electrons. The Labute approximate surface area is 205 Å². The van der Waals surface area contributed by atoms with Gasteiger partial charge in [-0.15, -0.1) is 0 Å². The Morgan fingerprint density at radius 3 is 2.34 bits per heavy atom. The summed E-state index contributed by atoms with van der Waals surface area (Å²) >= 11 is 0. The fourth-order valence-corrected chi connectivity index (χ4v) is 4.86. The lowest BCUT2D eigenvalue weighted by Gasteiger charge is -2.32. The van der Waals surface area contributed by atoms with Crippen LogP contribution >= 0.6 is 0 Å².